The smallest absolute Gasteiger partial charge is 0.404 e. The molecule has 6 heteroatoms. The van der Waals surface area contributed by atoms with Crippen molar-refractivity contribution in [1.82, 2.24) is 10.3 Å². The first-order valence-electron chi connectivity index (χ1n) is 7.41. The van der Waals surface area contributed by atoms with Gasteiger partial charge in [-0.2, -0.15) is 0 Å². The summed E-state index contributed by atoms with van der Waals surface area (Å²) in [4.78, 5) is 14.8. The number of methoxy groups -OCH3 is 1. The third-order valence-electron chi connectivity index (χ3n) is 3.99. The number of hydrogen-bond acceptors (Lipinski definition) is 4. The highest BCUT2D eigenvalue weighted by atomic mass is 16.5. The van der Waals surface area contributed by atoms with Crippen molar-refractivity contribution in [2.45, 2.75) is 12.3 Å². The Kier molecular flexibility index (Phi) is 4.32. The van der Waals surface area contributed by atoms with E-state index >= 15 is 0 Å². The van der Waals surface area contributed by atoms with Gasteiger partial charge in [-0.15, -0.1) is 0 Å². The molecule has 2 N–H and O–H groups in total. The molecule has 1 aromatic heterocycles. The number of nitrogens with one attached hydrogen (secondary N) is 1. The first-order chi connectivity index (χ1) is 11.2. The van der Waals surface area contributed by atoms with Gasteiger partial charge in [-0.25, -0.2) is 4.79 Å². The van der Waals surface area contributed by atoms with Crippen LogP contribution in [-0.2, 0) is 0 Å². The Morgan fingerprint density at radius 1 is 1.43 bits per heavy atom. The Bertz CT molecular complexity index is 717. The molecule has 1 aromatic carbocycles. The minimum atomic E-state index is -1.01. The summed E-state index contributed by atoms with van der Waals surface area (Å²) in [6.07, 6.45) is 3.15. The Balaban J connectivity index is 2.01. The summed E-state index contributed by atoms with van der Waals surface area (Å²) in [5.41, 5.74) is 2.86. The molecule has 2 aromatic rings. The van der Waals surface area contributed by atoms with E-state index in [1.54, 1.807) is 19.5 Å². The van der Waals surface area contributed by atoms with Gasteiger partial charge in [-0.3, -0.25) is 4.98 Å². The number of amides is 1. The van der Waals surface area contributed by atoms with Crippen LogP contribution in [0.5, 0.6) is 11.5 Å². The lowest BCUT2D eigenvalue weighted by Crippen LogP contribution is -2.29. The topological polar surface area (TPSA) is 80.7 Å². The molecule has 0 fully saturated rings. The van der Waals surface area contributed by atoms with E-state index < -0.39 is 6.09 Å². The number of carbonyl (C=O) groups is 1. The van der Waals surface area contributed by atoms with Crippen LogP contribution < -0.4 is 14.8 Å². The fourth-order valence-electron chi connectivity index (χ4n) is 2.90. The van der Waals surface area contributed by atoms with Gasteiger partial charge in [-0.05, 0) is 18.1 Å². The fraction of sp³-hybridized carbons (Fsp3) is 0.294. The van der Waals surface area contributed by atoms with E-state index in [-0.39, 0.29) is 5.92 Å². The van der Waals surface area contributed by atoms with Gasteiger partial charge < -0.3 is 19.9 Å². The van der Waals surface area contributed by atoms with Crippen molar-refractivity contribution in [3.8, 4) is 22.6 Å². The number of carboxylic acid groups (broad SMARTS) is 1. The number of benzene rings is 1. The molecule has 1 aliphatic heterocycles. The molecule has 0 spiro atoms. The van der Waals surface area contributed by atoms with E-state index in [4.69, 9.17) is 14.6 Å². The molecule has 0 unspecified atom stereocenters. The van der Waals surface area contributed by atoms with Gasteiger partial charge in [-0.1, -0.05) is 18.2 Å². The number of ether oxygens (including phenoxy) is 2. The lowest BCUT2D eigenvalue weighted by atomic mass is 9.89. The predicted octanol–water partition coefficient (Wildman–Crippen LogP) is 2.89. The maximum atomic E-state index is 10.8. The van der Waals surface area contributed by atoms with Gasteiger partial charge in [0.1, 0.15) is 11.5 Å². The quantitative estimate of drug-likeness (QED) is 0.907. The van der Waals surface area contributed by atoms with Crippen LogP contribution in [0.2, 0.25) is 0 Å². The Morgan fingerprint density at radius 3 is 3.09 bits per heavy atom. The van der Waals surface area contributed by atoms with E-state index in [1.165, 1.54) is 0 Å². The number of pyridine rings is 1. The van der Waals surface area contributed by atoms with Crippen molar-refractivity contribution in [1.29, 1.82) is 0 Å². The molecule has 1 aliphatic rings. The van der Waals surface area contributed by atoms with Crippen molar-refractivity contribution < 1.29 is 19.4 Å². The van der Waals surface area contributed by atoms with Crippen molar-refractivity contribution in [3.63, 3.8) is 0 Å². The molecule has 0 radical (unpaired) electrons. The molecule has 1 amide bonds. The second kappa shape index (κ2) is 6.56. The van der Waals surface area contributed by atoms with E-state index in [1.807, 2.05) is 24.3 Å². The molecule has 23 heavy (non-hydrogen) atoms. The molecule has 3 rings (SSSR count). The van der Waals surface area contributed by atoms with E-state index in [2.05, 4.69) is 10.3 Å². The normalized spacial score (nSPS) is 16.1. The van der Waals surface area contributed by atoms with Crippen molar-refractivity contribution in [2.24, 2.45) is 0 Å². The summed E-state index contributed by atoms with van der Waals surface area (Å²) in [6, 6.07) is 7.80. The number of aromatic nitrogens is 1. The summed E-state index contributed by atoms with van der Waals surface area (Å²) >= 11 is 0. The van der Waals surface area contributed by atoms with Gasteiger partial charge in [0.15, 0.2) is 0 Å². The van der Waals surface area contributed by atoms with E-state index in [0.717, 1.165) is 28.9 Å². The van der Waals surface area contributed by atoms with E-state index in [0.29, 0.717) is 18.9 Å². The molecule has 6 nitrogen and oxygen atoms in total. The lowest BCUT2D eigenvalue weighted by molar-refractivity contribution is 0.191. The van der Waals surface area contributed by atoms with Crippen LogP contribution in [-0.4, -0.2) is 36.4 Å². The highest BCUT2D eigenvalue weighted by Crippen LogP contribution is 2.43. The molecular weight excluding hydrogens is 296 g/mol. The second-order valence-electron chi connectivity index (χ2n) is 5.32. The van der Waals surface area contributed by atoms with Crippen LogP contribution in [0.4, 0.5) is 4.79 Å². The SMILES string of the molecule is COc1cnccc1-c1cccc2c1OCC[C@H]2CNC(=O)O. The number of rotatable bonds is 4. The van der Waals surface area contributed by atoms with Gasteiger partial charge >= 0.3 is 6.09 Å². The first kappa shape index (κ1) is 15.1. The standard InChI is InChI=1S/C17H18N2O4/c1-22-15-10-18-7-5-13(15)14-4-2-3-12-11(9-19-17(20)21)6-8-23-16(12)14/h2-5,7,10-11,19H,6,8-9H2,1H3,(H,20,21)/t11-/m0/s1. The van der Waals surface area contributed by atoms with Gasteiger partial charge in [0.2, 0.25) is 0 Å². The van der Waals surface area contributed by atoms with Crippen molar-refractivity contribution >= 4 is 6.09 Å². The first-order valence-corrected chi connectivity index (χ1v) is 7.41. The van der Waals surface area contributed by atoms with Crippen LogP contribution in [0.25, 0.3) is 11.1 Å². The Labute approximate surface area is 134 Å². The van der Waals surface area contributed by atoms with Crippen LogP contribution in [0, 0.1) is 0 Å². The lowest BCUT2D eigenvalue weighted by Gasteiger charge is -2.28. The Morgan fingerprint density at radius 2 is 2.30 bits per heavy atom. The highest BCUT2D eigenvalue weighted by molar-refractivity contribution is 5.77. The molecular formula is C17H18N2O4. The minimum Gasteiger partial charge on any atom is -0.494 e. The molecule has 2 heterocycles. The molecule has 0 saturated carbocycles. The minimum absolute atomic E-state index is 0.0997. The van der Waals surface area contributed by atoms with Crippen molar-refractivity contribution in [3.05, 3.63) is 42.2 Å². The molecule has 0 aliphatic carbocycles. The summed E-state index contributed by atoms with van der Waals surface area (Å²) in [5.74, 6) is 1.57. The maximum absolute atomic E-state index is 10.8. The number of hydrogen-bond donors (Lipinski definition) is 2. The second-order valence-corrected chi connectivity index (χ2v) is 5.32. The molecule has 120 valence electrons. The average Bonchev–Trinajstić information content (AvgIpc) is 2.59. The zero-order valence-electron chi connectivity index (χ0n) is 12.8. The maximum Gasteiger partial charge on any atom is 0.404 e. The summed E-state index contributed by atoms with van der Waals surface area (Å²) in [7, 11) is 1.61. The number of fused-ring (bicyclic) bond motifs is 1. The largest absolute Gasteiger partial charge is 0.494 e. The highest BCUT2D eigenvalue weighted by Gasteiger charge is 2.25. The monoisotopic (exact) mass is 314 g/mol. The summed E-state index contributed by atoms with van der Waals surface area (Å²) < 4.78 is 11.3. The van der Waals surface area contributed by atoms with E-state index in [9.17, 15) is 4.79 Å². The summed E-state index contributed by atoms with van der Waals surface area (Å²) in [5, 5.41) is 11.3. The third kappa shape index (κ3) is 3.06. The average molecular weight is 314 g/mol. The zero-order valence-corrected chi connectivity index (χ0v) is 12.8. The van der Waals surface area contributed by atoms with Crippen LogP contribution >= 0.6 is 0 Å². The molecule has 0 saturated heterocycles. The van der Waals surface area contributed by atoms with Crippen LogP contribution in [0.3, 0.4) is 0 Å². The van der Waals surface area contributed by atoms with Crippen LogP contribution in [0.15, 0.2) is 36.7 Å². The Hall–Kier alpha value is -2.76. The van der Waals surface area contributed by atoms with Crippen LogP contribution in [0.1, 0.15) is 17.9 Å². The van der Waals surface area contributed by atoms with Gasteiger partial charge in [0, 0.05) is 29.8 Å². The molecule has 1 atom stereocenters. The fourth-order valence-corrected chi connectivity index (χ4v) is 2.90. The number of nitrogens with zero attached hydrogens (tertiary/aromatic N) is 1. The zero-order chi connectivity index (χ0) is 16.2. The van der Waals surface area contributed by atoms with Gasteiger partial charge in [0.05, 0.1) is 19.9 Å². The number of para-hydroxylation sites is 1. The predicted molar refractivity (Wildman–Crippen MR) is 85.1 cm³/mol. The van der Waals surface area contributed by atoms with Gasteiger partial charge in [0.25, 0.3) is 0 Å². The summed E-state index contributed by atoms with van der Waals surface area (Å²) in [6.45, 7) is 0.937. The van der Waals surface area contributed by atoms with Crippen molar-refractivity contribution in [2.75, 3.05) is 20.3 Å². The molecule has 0 bridgehead atoms. The third-order valence-corrected chi connectivity index (χ3v) is 3.99.